The summed E-state index contributed by atoms with van der Waals surface area (Å²) in [5.74, 6) is 0.871. The van der Waals surface area contributed by atoms with Gasteiger partial charge in [0.25, 0.3) is 0 Å². The quantitative estimate of drug-likeness (QED) is 0.538. The normalized spacial score (nSPS) is 20.9. The Bertz CT molecular complexity index is 381. The first-order chi connectivity index (χ1) is 9.35. The van der Waals surface area contributed by atoms with Crippen molar-refractivity contribution in [2.24, 2.45) is 5.41 Å². The lowest BCUT2D eigenvalue weighted by molar-refractivity contribution is -0.226. The number of hydrogen-bond donors (Lipinski definition) is 0. The van der Waals surface area contributed by atoms with Crippen molar-refractivity contribution >= 4 is 0 Å². The molecule has 1 aliphatic heterocycles. The smallest absolute Gasteiger partial charge is 0.160 e. The predicted octanol–water partition coefficient (Wildman–Crippen LogP) is 4.22. The van der Waals surface area contributed by atoms with Crippen LogP contribution in [0.4, 0.5) is 0 Å². The van der Waals surface area contributed by atoms with Crippen LogP contribution in [-0.2, 0) is 14.2 Å². The molecule has 0 aromatic rings. The zero-order chi connectivity index (χ0) is 15.2. The maximum Gasteiger partial charge on any atom is 0.160 e. The first-order valence-corrected chi connectivity index (χ1v) is 7.21. The molecule has 0 aromatic heterocycles. The van der Waals surface area contributed by atoms with Gasteiger partial charge in [0, 0.05) is 11.8 Å². The Balaban J connectivity index is 2.43. The summed E-state index contributed by atoms with van der Waals surface area (Å²) >= 11 is 0. The van der Waals surface area contributed by atoms with Gasteiger partial charge in [0.05, 0.1) is 19.8 Å². The summed E-state index contributed by atoms with van der Waals surface area (Å²) in [5.41, 5.74) is 2.21. The average Bonchev–Trinajstić information content (AvgIpc) is 2.38. The zero-order valence-electron chi connectivity index (χ0n) is 13.5. The summed E-state index contributed by atoms with van der Waals surface area (Å²) in [6, 6.07) is 0. The fourth-order valence-corrected chi connectivity index (χ4v) is 1.80. The van der Waals surface area contributed by atoms with Crippen LogP contribution in [0.3, 0.4) is 0 Å². The van der Waals surface area contributed by atoms with E-state index in [-0.39, 0.29) is 11.7 Å². The van der Waals surface area contributed by atoms with Crippen molar-refractivity contribution in [3.8, 4) is 0 Å². The minimum Gasteiger partial charge on any atom is -0.493 e. The van der Waals surface area contributed by atoms with E-state index in [1.807, 2.05) is 32.9 Å². The van der Waals surface area contributed by atoms with E-state index in [2.05, 4.69) is 20.4 Å². The van der Waals surface area contributed by atoms with Crippen molar-refractivity contribution in [1.82, 2.24) is 0 Å². The second-order valence-electron chi connectivity index (χ2n) is 6.12. The zero-order valence-corrected chi connectivity index (χ0v) is 13.5. The van der Waals surface area contributed by atoms with Gasteiger partial charge in [-0.05, 0) is 32.4 Å². The van der Waals surface area contributed by atoms with E-state index in [1.165, 1.54) is 0 Å². The lowest BCUT2D eigenvalue weighted by Crippen LogP contribution is -2.38. The fraction of sp³-hybridized carbons (Fsp3) is 0.647. The third-order valence-electron chi connectivity index (χ3n) is 3.26. The molecule has 0 N–H and O–H groups in total. The van der Waals surface area contributed by atoms with Gasteiger partial charge in [-0.15, -0.1) is 0 Å². The topological polar surface area (TPSA) is 27.7 Å². The largest absolute Gasteiger partial charge is 0.493 e. The molecule has 0 bridgehead atoms. The molecule has 1 saturated heterocycles. The third-order valence-corrected chi connectivity index (χ3v) is 3.26. The van der Waals surface area contributed by atoms with Gasteiger partial charge in [0.1, 0.15) is 5.76 Å². The van der Waals surface area contributed by atoms with E-state index >= 15 is 0 Å². The van der Waals surface area contributed by atoms with E-state index in [1.54, 1.807) is 0 Å². The predicted molar refractivity (Wildman–Crippen MR) is 82.4 cm³/mol. The summed E-state index contributed by atoms with van der Waals surface area (Å²) in [7, 11) is 0. The van der Waals surface area contributed by atoms with Crippen LogP contribution in [0.25, 0.3) is 0 Å². The maximum atomic E-state index is 5.83. The van der Waals surface area contributed by atoms with Crippen LogP contribution in [0.15, 0.2) is 35.6 Å². The molecule has 0 saturated carbocycles. The van der Waals surface area contributed by atoms with E-state index < -0.39 is 0 Å². The molecule has 1 rings (SSSR count). The van der Waals surface area contributed by atoms with Crippen LogP contribution in [0.1, 0.15) is 41.0 Å². The second kappa shape index (κ2) is 7.65. The molecule has 0 radical (unpaired) electrons. The molecule has 0 unspecified atom stereocenters. The van der Waals surface area contributed by atoms with Gasteiger partial charge in [0.15, 0.2) is 6.29 Å². The molecule has 1 aliphatic rings. The van der Waals surface area contributed by atoms with Gasteiger partial charge < -0.3 is 14.2 Å². The molecular formula is C17H28O3. The van der Waals surface area contributed by atoms with Crippen LogP contribution in [0.2, 0.25) is 0 Å². The molecule has 3 nitrogen and oxygen atoms in total. The summed E-state index contributed by atoms with van der Waals surface area (Å²) in [6.07, 6.45) is 4.52. The molecule has 0 atom stereocenters. The molecule has 20 heavy (non-hydrogen) atoms. The average molecular weight is 280 g/mol. The van der Waals surface area contributed by atoms with Gasteiger partial charge in [-0.3, -0.25) is 0 Å². The third kappa shape index (κ3) is 5.51. The highest BCUT2D eigenvalue weighted by atomic mass is 16.7. The Morgan fingerprint density at radius 1 is 1.30 bits per heavy atom. The summed E-state index contributed by atoms with van der Waals surface area (Å²) < 4.78 is 17.2. The second-order valence-corrected chi connectivity index (χ2v) is 6.12. The first-order valence-electron chi connectivity index (χ1n) is 7.21. The molecule has 114 valence electrons. The van der Waals surface area contributed by atoms with Gasteiger partial charge in [-0.2, -0.15) is 0 Å². The van der Waals surface area contributed by atoms with Gasteiger partial charge in [0.2, 0.25) is 0 Å². The van der Waals surface area contributed by atoms with Gasteiger partial charge in [-0.1, -0.05) is 32.1 Å². The Morgan fingerprint density at radius 3 is 2.40 bits per heavy atom. The molecule has 1 fully saturated rings. The molecule has 0 aliphatic carbocycles. The van der Waals surface area contributed by atoms with Crippen LogP contribution in [0.5, 0.6) is 0 Å². The van der Waals surface area contributed by atoms with Crippen molar-refractivity contribution in [3.05, 3.63) is 35.6 Å². The number of rotatable bonds is 6. The van der Waals surface area contributed by atoms with Crippen molar-refractivity contribution < 1.29 is 14.2 Å². The first kappa shape index (κ1) is 17.0. The van der Waals surface area contributed by atoms with Gasteiger partial charge in [-0.25, -0.2) is 0 Å². The van der Waals surface area contributed by atoms with Crippen LogP contribution in [-0.4, -0.2) is 26.1 Å². The fourth-order valence-electron chi connectivity index (χ4n) is 1.80. The Hall–Kier alpha value is -1.06. The Morgan fingerprint density at radius 2 is 1.90 bits per heavy atom. The summed E-state index contributed by atoms with van der Waals surface area (Å²) in [5, 5.41) is 0. The molecule has 0 amide bonds. The number of hydrogen-bond acceptors (Lipinski definition) is 3. The van der Waals surface area contributed by atoms with Crippen LogP contribution >= 0.6 is 0 Å². The Kier molecular flexibility index (Phi) is 6.50. The highest BCUT2D eigenvalue weighted by Gasteiger charge is 2.28. The van der Waals surface area contributed by atoms with Crippen molar-refractivity contribution in [2.45, 2.75) is 47.3 Å². The number of ether oxygens (including phenoxy) is 3. The van der Waals surface area contributed by atoms with Gasteiger partial charge >= 0.3 is 0 Å². The van der Waals surface area contributed by atoms with E-state index in [9.17, 15) is 0 Å². The summed E-state index contributed by atoms with van der Waals surface area (Å²) in [4.78, 5) is 0. The standard InChI is InChI=1S/C17H28O3/c1-7-8-15(14(4)13(2)3)18-10-9-16-19-11-17(5,6)12-20-16/h7-8,16H,2,9-12H2,1,3-6H3/b8-7-,15-14+. The van der Waals surface area contributed by atoms with Crippen molar-refractivity contribution in [2.75, 3.05) is 19.8 Å². The van der Waals surface area contributed by atoms with Crippen molar-refractivity contribution in [1.29, 1.82) is 0 Å². The van der Waals surface area contributed by atoms with Crippen LogP contribution in [0, 0.1) is 5.41 Å². The lowest BCUT2D eigenvalue weighted by atomic mass is 9.95. The maximum absolute atomic E-state index is 5.83. The minimum atomic E-state index is -0.153. The highest BCUT2D eigenvalue weighted by Crippen LogP contribution is 2.24. The van der Waals surface area contributed by atoms with E-state index in [0.717, 1.165) is 36.5 Å². The monoisotopic (exact) mass is 280 g/mol. The Labute approximate surface area is 123 Å². The SMILES string of the molecule is C=C(C)/C(C)=C(\C=C/C)OCCC1OCC(C)(C)CO1. The molecule has 1 heterocycles. The molecule has 0 spiro atoms. The summed E-state index contributed by atoms with van der Waals surface area (Å²) in [6.45, 7) is 16.3. The number of allylic oxidation sites excluding steroid dienone is 4. The van der Waals surface area contributed by atoms with E-state index in [4.69, 9.17) is 14.2 Å². The molecular weight excluding hydrogens is 252 g/mol. The lowest BCUT2D eigenvalue weighted by Gasteiger charge is -2.34. The molecule has 3 heteroatoms. The highest BCUT2D eigenvalue weighted by molar-refractivity contribution is 5.32. The van der Waals surface area contributed by atoms with E-state index in [0.29, 0.717) is 6.61 Å². The van der Waals surface area contributed by atoms with Crippen molar-refractivity contribution in [3.63, 3.8) is 0 Å². The minimum absolute atomic E-state index is 0.115. The van der Waals surface area contributed by atoms with Crippen LogP contribution < -0.4 is 0 Å². The molecule has 0 aromatic carbocycles.